The average molecular weight is 264 g/mol. The first-order chi connectivity index (χ1) is 9.24. The third-order valence-electron chi connectivity index (χ3n) is 3.45. The Labute approximate surface area is 113 Å². The van der Waals surface area contributed by atoms with E-state index in [9.17, 15) is 4.79 Å². The predicted molar refractivity (Wildman–Crippen MR) is 72.2 cm³/mol. The fourth-order valence-electron chi connectivity index (χ4n) is 2.39. The van der Waals surface area contributed by atoms with Crippen LogP contribution in [0.25, 0.3) is 0 Å². The van der Waals surface area contributed by atoms with Crippen molar-refractivity contribution in [2.75, 3.05) is 19.0 Å². The highest BCUT2D eigenvalue weighted by molar-refractivity contribution is 5.88. The minimum absolute atomic E-state index is 0.0905. The van der Waals surface area contributed by atoms with Crippen molar-refractivity contribution < 1.29 is 9.53 Å². The van der Waals surface area contributed by atoms with Gasteiger partial charge >= 0.3 is 6.03 Å². The summed E-state index contributed by atoms with van der Waals surface area (Å²) in [4.78, 5) is 22.1. The van der Waals surface area contributed by atoms with Crippen LogP contribution in [0.5, 0.6) is 5.88 Å². The van der Waals surface area contributed by atoms with Crippen LogP contribution in [-0.2, 0) is 0 Å². The Balaban J connectivity index is 2.02. The molecule has 1 atom stereocenters. The Morgan fingerprint density at radius 3 is 3.11 bits per heavy atom. The number of carbonyl (C=O) groups is 1. The number of amides is 2. The first kappa shape index (κ1) is 13.6. The van der Waals surface area contributed by atoms with Crippen LogP contribution in [0, 0.1) is 0 Å². The van der Waals surface area contributed by atoms with Gasteiger partial charge in [-0.15, -0.1) is 0 Å². The third kappa shape index (κ3) is 3.33. The van der Waals surface area contributed by atoms with Crippen molar-refractivity contribution in [3.63, 3.8) is 0 Å². The van der Waals surface area contributed by atoms with Crippen molar-refractivity contribution in [3.05, 3.63) is 12.4 Å². The monoisotopic (exact) mass is 264 g/mol. The number of hydrogen-bond donors (Lipinski definition) is 1. The number of nitrogens with one attached hydrogen (secondary N) is 1. The van der Waals surface area contributed by atoms with Crippen LogP contribution in [0.2, 0.25) is 0 Å². The Morgan fingerprint density at radius 1 is 1.53 bits per heavy atom. The number of ether oxygens (including phenoxy) is 1. The Bertz CT molecular complexity index is 438. The Kier molecular flexibility index (Phi) is 4.54. The summed E-state index contributed by atoms with van der Waals surface area (Å²) in [6, 6.07) is 1.85. The molecule has 2 rings (SSSR count). The smallest absolute Gasteiger partial charge is 0.323 e. The van der Waals surface area contributed by atoms with Crippen molar-refractivity contribution in [2.24, 2.45) is 0 Å². The minimum atomic E-state index is -0.0905. The zero-order valence-electron chi connectivity index (χ0n) is 11.4. The van der Waals surface area contributed by atoms with E-state index in [0.717, 1.165) is 25.8 Å². The molecule has 0 aliphatic carbocycles. The van der Waals surface area contributed by atoms with E-state index >= 15 is 0 Å². The Hall–Kier alpha value is -1.85. The van der Waals surface area contributed by atoms with E-state index in [-0.39, 0.29) is 6.03 Å². The predicted octanol–water partition coefficient (Wildman–Crippen LogP) is 2.28. The van der Waals surface area contributed by atoms with Gasteiger partial charge in [0.1, 0.15) is 12.1 Å². The number of likely N-dealkylation sites (tertiary alicyclic amines) is 1. The molecule has 0 saturated carbocycles. The topological polar surface area (TPSA) is 67.4 Å². The van der Waals surface area contributed by atoms with Gasteiger partial charge in [-0.05, 0) is 25.7 Å². The SMILES string of the molecule is CC[C@H]1CCCCN1C(=O)Nc1cc(OC)ncn1. The van der Waals surface area contributed by atoms with Crippen LogP contribution in [0.15, 0.2) is 12.4 Å². The summed E-state index contributed by atoms with van der Waals surface area (Å²) in [6.45, 7) is 2.93. The van der Waals surface area contributed by atoms with Gasteiger partial charge in [-0.1, -0.05) is 6.92 Å². The molecular weight excluding hydrogens is 244 g/mol. The lowest BCUT2D eigenvalue weighted by Crippen LogP contribution is -2.45. The normalized spacial score (nSPS) is 19.1. The molecule has 104 valence electrons. The quantitative estimate of drug-likeness (QED) is 0.909. The fourth-order valence-corrected chi connectivity index (χ4v) is 2.39. The largest absolute Gasteiger partial charge is 0.481 e. The number of aromatic nitrogens is 2. The molecule has 0 unspecified atom stereocenters. The molecule has 0 aromatic carbocycles. The second-order valence-electron chi connectivity index (χ2n) is 4.63. The molecule has 1 N–H and O–H groups in total. The van der Waals surface area contributed by atoms with Crippen LogP contribution < -0.4 is 10.1 Å². The van der Waals surface area contributed by atoms with Crippen LogP contribution >= 0.6 is 0 Å². The number of piperidine rings is 1. The maximum atomic E-state index is 12.3. The maximum absolute atomic E-state index is 12.3. The van der Waals surface area contributed by atoms with Gasteiger partial charge in [0.15, 0.2) is 0 Å². The highest BCUT2D eigenvalue weighted by Crippen LogP contribution is 2.20. The van der Waals surface area contributed by atoms with Crippen LogP contribution in [0.3, 0.4) is 0 Å². The van der Waals surface area contributed by atoms with Gasteiger partial charge in [-0.3, -0.25) is 5.32 Å². The van der Waals surface area contributed by atoms with E-state index < -0.39 is 0 Å². The number of anilines is 1. The molecule has 1 fully saturated rings. The van der Waals surface area contributed by atoms with E-state index in [1.165, 1.54) is 19.9 Å². The van der Waals surface area contributed by atoms with Gasteiger partial charge in [0.2, 0.25) is 5.88 Å². The summed E-state index contributed by atoms with van der Waals surface area (Å²) in [5, 5.41) is 2.81. The molecule has 6 nitrogen and oxygen atoms in total. The lowest BCUT2D eigenvalue weighted by Gasteiger charge is -2.35. The van der Waals surface area contributed by atoms with Crippen molar-refractivity contribution in [3.8, 4) is 5.88 Å². The number of carbonyl (C=O) groups excluding carboxylic acids is 1. The maximum Gasteiger partial charge on any atom is 0.323 e. The molecule has 1 aromatic rings. The van der Waals surface area contributed by atoms with E-state index in [4.69, 9.17) is 4.74 Å². The lowest BCUT2D eigenvalue weighted by molar-refractivity contribution is 0.160. The van der Waals surface area contributed by atoms with Crippen molar-refractivity contribution in [2.45, 2.75) is 38.6 Å². The highest BCUT2D eigenvalue weighted by atomic mass is 16.5. The van der Waals surface area contributed by atoms with Crippen LogP contribution in [0.4, 0.5) is 10.6 Å². The first-order valence-electron chi connectivity index (χ1n) is 6.68. The molecule has 1 saturated heterocycles. The molecule has 2 amide bonds. The summed E-state index contributed by atoms with van der Waals surface area (Å²) < 4.78 is 5.01. The molecule has 0 radical (unpaired) electrons. The number of rotatable bonds is 3. The summed E-state index contributed by atoms with van der Waals surface area (Å²) in [5.41, 5.74) is 0. The highest BCUT2D eigenvalue weighted by Gasteiger charge is 2.25. The summed E-state index contributed by atoms with van der Waals surface area (Å²) >= 11 is 0. The van der Waals surface area contributed by atoms with Gasteiger partial charge < -0.3 is 9.64 Å². The molecular formula is C13H20N4O2. The standard InChI is InChI=1S/C13H20N4O2/c1-3-10-6-4-5-7-17(10)13(18)16-11-8-12(19-2)15-9-14-11/h8-10H,3-7H2,1-2H3,(H,14,15,16,18)/t10-/m0/s1. The molecule has 2 heterocycles. The molecule has 6 heteroatoms. The Morgan fingerprint density at radius 2 is 2.37 bits per heavy atom. The van der Waals surface area contributed by atoms with Crippen LogP contribution in [0.1, 0.15) is 32.6 Å². The second-order valence-corrected chi connectivity index (χ2v) is 4.63. The molecule has 1 aliphatic heterocycles. The third-order valence-corrected chi connectivity index (χ3v) is 3.45. The number of methoxy groups -OCH3 is 1. The van der Waals surface area contributed by atoms with Gasteiger partial charge in [-0.25, -0.2) is 14.8 Å². The van der Waals surface area contributed by atoms with Crippen LogP contribution in [-0.4, -0.2) is 40.6 Å². The van der Waals surface area contributed by atoms with Crippen molar-refractivity contribution >= 4 is 11.8 Å². The zero-order chi connectivity index (χ0) is 13.7. The minimum Gasteiger partial charge on any atom is -0.481 e. The van der Waals surface area contributed by atoms with Gasteiger partial charge in [0, 0.05) is 18.7 Å². The van der Waals surface area contributed by atoms with Crippen molar-refractivity contribution in [1.82, 2.24) is 14.9 Å². The van der Waals surface area contributed by atoms with Gasteiger partial charge in [0.25, 0.3) is 0 Å². The first-order valence-corrected chi connectivity index (χ1v) is 6.68. The van der Waals surface area contributed by atoms with E-state index in [1.54, 1.807) is 6.07 Å². The molecule has 1 aliphatic rings. The number of urea groups is 1. The van der Waals surface area contributed by atoms with E-state index in [1.807, 2.05) is 4.90 Å². The van der Waals surface area contributed by atoms with E-state index in [2.05, 4.69) is 22.2 Å². The fraction of sp³-hybridized carbons (Fsp3) is 0.615. The number of nitrogens with zero attached hydrogens (tertiary/aromatic N) is 3. The molecule has 0 spiro atoms. The average Bonchev–Trinajstić information content (AvgIpc) is 2.47. The molecule has 0 bridgehead atoms. The number of hydrogen-bond acceptors (Lipinski definition) is 4. The zero-order valence-corrected chi connectivity index (χ0v) is 11.4. The lowest BCUT2D eigenvalue weighted by atomic mass is 10.0. The van der Waals surface area contributed by atoms with Gasteiger partial charge in [0.05, 0.1) is 7.11 Å². The molecule has 19 heavy (non-hydrogen) atoms. The summed E-state index contributed by atoms with van der Waals surface area (Å²) in [6.07, 6.45) is 5.71. The van der Waals surface area contributed by atoms with Crippen molar-refractivity contribution in [1.29, 1.82) is 0 Å². The van der Waals surface area contributed by atoms with Gasteiger partial charge in [-0.2, -0.15) is 0 Å². The molecule has 1 aromatic heterocycles. The second kappa shape index (κ2) is 6.36. The van der Waals surface area contributed by atoms with E-state index in [0.29, 0.717) is 17.7 Å². The summed E-state index contributed by atoms with van der Waals surface area (Å²) in [7, 11) is 1.53. The summed E-state index contributed by atoms with van der Waals surface area (Å²) in [5.74, 6) is 0.910.